The largest absolute Gasteiger partial charge is 0.395 e. The molecule has 0 spiro atoms. The summed E-state index contributed by atoms with van der Waals surface area (Å²) in [5.41, 5.74) is 0.937. The molecule has 1 N–H and O–H groups in total. The smallest absolute Gasteiger partial charge is 0.262 e. The topological polar surface area (TPSA) is 60.9 Å². The quantitative estimate of drug-likeness (QED) is 0.777. The van der Waals surface area contributed by atoms with Crippen LogP contribution in [0.2, 0.25) is 0 Å². The van der Waals surface area contributed by atoms with E-state index in [1.807, 2.05) is 4.90 Å². The van der Waals surface area contributed by atoms with Gasteiger partial charge in [0.1, 0.15) is 0 Å². The van der Waals surface area contributed by atoms with Crippen LogP contribution in [0.4, 0.5) is 0 Å². The summed E-state index contributed by atoms with van der Waals surface area (Å²) in [6, 6.07) is 7.15. The van der Waals surface area contributed by atoms with E-state index >= 15 is 0 Å². The first-order valence-corrected chi connectivity index (χ1v) is 7.44. The second-order valence-corrected chi connectivity index (χ2v) is 5.23. The number of imide groups is 1. The summed E-state index contributed by atoms with van der Waals surface area (Å²) in [5.74, 6) is -0.492. The number of rotatable bonds is 7. The van der Waals surface area contributed by atoms with E-state index < -0.39 is 0 Å². The highest BCUT2D eigenvalue weighted by Gasteiger charge is 2.36. The minimum atomic E-state index is -0.246. The number of carbonyl (C=O) groups excluding carboxylic acids is 2. The van der Waals surface area contributed by atoms with E-state index in [9.17, 15) is 14.7 Å². The summed E-state index contributed by atoms with van der Waals surface area (Å²) in [7, 11) is 0. The van der Waals surface area contributed by atoms with Crippen molar-refractivity contribution in [2.45, 2.75) is 32.7 Å². The van der Waals surface area contributed by atoms with Crippen molar-refractivity contribution < 1.29 is 14.7 Å². The van der Waals surface area contributed by atoms with Crippen LogP contribution in [-0.4, -0.2) is 52.6 Å². The van der Waals surface area contributed by atoms with Crippen molar-refractivity contribution in [3.8, 4) is 0 Å². The van der Waals surface area contributed by atoms with E-state index in [2.05, 4.69) is 13.8 Å². The molecule has 0 fully saturated rings. The number of aliphatic hydroxyl groups is 1. The third-order valence-electron chi connectivity index (χ3n) is 4.05. The van der Waals surface area contributed by atoms with Crippen LogP contribution in [0, 0.1) is 0 Å². The Morgan fingerprint density at radius 1 is 1.10 bits per heavy atom. The number of hydrogen-bond donors (Lipinski definition) is 1. The molecule has 5 nitrogen and oxygen atoms in total. The van der Waals surface area contributed by atoms with Gasteiger partial charge >= 0.3 is 0 Å². The normalized spacial score (nSPS) is 14.4. The molecule has 5 heteroatoms. The number of amides is 2. The first-order valence-electron chi connectivity index (χ1n) is 7.44. The van der Waals surface area contributed by atoms with E-state index in [1.165, 1.54) is 4.90 Å². The van der Waals surface area contributed by atoms with Crippen LogP contribution in [0.25, 0.3) is 0 Å². The molecule has 0 saturated carbocycles. The van der Waals surface area contributed by atoms with Gasteiger partial charge in [-0.2, -0.15) is 0 Å². The molecular weight excluding hydrogens is 268 g/mol. The molecule has 0 aliphatic carbocycles. The number of nitrogens with zero attached hydrogens (tertiary/aromatic N) is 2. The SMILES string of the molecule is CCC(CC)N(CCO)CN1C(=O)c2ccccc2C1=O. The van der Waals surface area contributed by atoms with Crippen molar-refractivity contribution in [3.63, 3.8) is 0 Å². The number of fused-ring (bicyclic) bond motifs is 1. The Kier molecular flexibility index (Phi) is 5.09. The van der Waals surface area contributed by atoms with Gasteiger partial charge in [0.15, 0.2) is 0 Å². The second-order valence-electron chi connectivity index (χ2n) is 5.23. The molecule has 0 aromatic heterocycles. The maximum absolute atomic E-state index is 12.4. The third kappa shape index (κ3) is 2.99. The molecule has 2 rings (SSSR count). The Bertz CT molecular complexity index is 491. The molecule has 21 heavy (non-hydrogen) atoms. The standard InChI is InChI=1S/C16H22N2O3/c1-3-12(4-2)17(9-10-19)11-18-15(20)13-7-5-6-8-14(13)16(18)21/h5-8,12,19H,3-4,9-11H2,1-2H3. The number of hydrogen-bond acceptors (Lipinski definition) is 4. The Hall–Kier alpha value is -1.72. The molecule has 114 valence electrons. The number of benzene rings is 1. The van der Waals surface area contributed by atoms with Crippen LogP contribution in [-0.2, 0) is 0 Å². The van der Waals surface area contributed by atoms with Gasteiger partial charge in [-0.25, -0.2) is 0 Å². The second kappa shape index (κ2) is 6.83. The van der Waals surface area contributed by atoms with Crippen molar-refractivity contribution in [2.24, 2.45) is 0 Å². The lowest BCUT2D eigenvalue weighted by Gasteiger charge is -2.32. The van der Waals surface area contributed by atoms with Gasteiger partial charge in [0.2, 0.25) is 0 Å². The predicted molar refractivity (Wildman–Crippen MR) is 80.0 cm³/mol. The molecule has 0 atom stereocenters. The van der Waals surface area contributed by atoms with Crippen LogP contribution in [0.15, 0.2) is 24.3 Å². The number of aliphatic hydroxyl groups excluding tert-OH is 1. The Morgan fingerprint density at radius 3 is 2.05 bits per heavy atom. The third-order valence-corrected chi connectivity index (χ3v) is 4.05. The van der Waals surface area contributed by atoms with Crippen molar-refractivity contribution in [3.05, 3.63) is 35.4 Å². The van der Waals surface area contributed by atoms with Gasteiger partial charge in [-0.15, -0.1) is 0 Å². The minimum absolute atomic E-state index is 0.0136. The molecule has 0 radical (unpaired) electrons. The molecule has 1 aromatic rings. The first-order chi connectivity index (χ1) is 10.1. The van der Waals surface area contributed by atoms with Gasteiger partial charge < -0.3 is 5.11 Å². The average Bonchev–Trinajstić information content (AvgIpc) is 2.74. The lowest BCUT2D eigenvalue weighted by atomic mass is 10.1. The predicted octanol–water partition coefficient (Wildman–Crippen LogP) is 1.72. The van der Waals surface area contributed by atoms with Crippen LogP contribution < -0.4 is 0 Å². The maximum Gasteiger partial charge on any atom is 0.262 e. The van der Waals surface area contributed by atoms with Crippen molar-refractivity contribution in [2.75, 3.05) is 19.8 Å². The molecule has 0 unspecified atom stereocenters. The van der Waals surface area contributed by atoms with Gasteiger partial charge in [-0.1, -0.05) is 26.0 Å². The highest BCUT2D eigenvalue weighted by Crippen LogP contribution is 2.23. The Labute approximate surface area is 125 Å². The summed E-state index contributed by atoms with van der Waals surface area (Å²) in [6.07, 6.45) is 1.83. The van der Waals surface area contributed by atoms with Gasteiger partial charge in [0, 0.05) is 12.6 Å². The molecule has 0 saturated heterocycles. The molecule has 1 aliphatic rings. The Morgan fingerprint density at radius 2 is 1.62 bits per heavy atom. The highest BCUT2D eigenvalue weighted by atomic mass is 16.3. The highest BCUT2D eigenvalue weighted by molar-refractivity contribution is 6.21. The van der Waals surface area contributed by atoms with Crippen LogP contribution in [0.5, 0.6) is 0 Å². The minimum Gasteiger partial charge on any atom is -0.395 e. The fourth-order valence-electron chi connectivity index (χ4n) is 2.85. The van der Waals surface area contributed by atoms with Crippen molar-refractivity contribution in [1.29, 1.82) is 0 Å². The van der Waals surface area contributed by atoms with Crippen LogP contribution >= 0.6 is 0 Å². The maximum atomic E-state index is 12.4. The zero-order valence-electron chi connectivity index (χ0n) is 12.6. The van der Waals surface area contributed by atoms with Crippen LogP contribution in [0.1, 0.15) is 47.4 Å². The lowest BCUT2D eigenvalue weighted by molar-refractivity contribution is 0.0434. The molecule has 2 amide bonds. The van der Waals surface area contributed by atoms with Gasteiger partial charge in [-0.05, 0) is 25.0 Å². The van der Waals surface area contributed by atoms with Gasteiger partial charge in [-0.3, -0.25) is 19.4 Å². The molecule has 1 aliphatic heterocycles. The van der Waals surface area contributed by atoms with E-state index in [1.54, 1.807) is 24.3 Å². The van der Waals surface area contributed by atoms with E-state index in [4.69, 9.17) is 0 Å². The summed E-state index contributed by atoms with van der Waals surface area (Å²) in [6.45, 7) is 4.85. The Balaban J connectivity index is 2.19. The monoisotopic (exact) mass is 290 g/mol. The fourth-order valence-corrected chi connectivity index (χ4v) is 2.85. The first kappa shape index (κ1) is 15.7. The summed E-state index contributed by atoms with van der Waals surface area (Å²) < 4.78 is 0. The molecule has 0 bridgehead atoms. The van der Waals surface area contributed by atoms with Crippen molar-refractivity contribution in [1.82, 2.24) is 9.80 Å². The van der Waals surface area contributed by atoms with Crippen molar-refractivity contribution >= 4 is 11.8 Å². The van der Waals surface area contributed by atoms with E-state index in [0.29, 0.717) is 17.7 Å². The van der Waals surface area contributed by atoms with Gasteiger partial charge in [0.05, 0.1) is 24.4 Å². The number of carbonyl (C=O) groups is 2. The molecule has 1 aromatic carbocycles. The zero-order valence-corrected chi connectivity index (χ0v) is 12.6. The fraction of sp³-hybridized carbons (Fsp3) is 0.500. The van der Waals surface area contributed by atoms with Crippen LogP contribution in [0.3, 0.4) is 0 Å². The summed E-state index contributed by atoms with van der Waals surface area (Å²) in [4.78, 5) is 28.0. The summed E-state index contributed by atoms with van der Waals surface area (Å²) in [5, 5.41) is 9.23. The average molecular weight is 290 g/mol. The molecular formula is C16H22N2O3. The van der Waals surface area contributed by atoms with E-state index in [0.717, 1.165) is 12.8 Å². The van der Waals surface area contributed by atoms with Gasteiger partial charge in [0.25, 0.3) is 11.8 Å². The molecule has 1 heterocycles. The lowest BCUT2D eigenvalue weighted by Crippen LogP contribution is -2.46. The summed E-state index contributed by atoms with van der Waals surface area (Å²) >= 11 is 0. The van der Waals surface area contributed by atoms with E-state index in [-0.39, 0.29) is 31.1 Å². The zero-order chi connectivity index (χ0) is 15.4.